The van der Waals surface area contributed by atoms with E-state index in [2.05, 4.69) is 0 Å². The van der Waals surface area contributed by atoms with Gasteiger partial charge in [0.25, 0.3) is 0 Å². The molecule has 0 spiro atoms. The molecular weight excluding hydrogens is 263 g/mol. The van der Waals surface area contributed by atoms with Crippen molar-refractivity contribution in [3.05, 3.63) is 0 Å². The fourth-order valence-electron chi connectivity index (χ4n) is 0. The first kappa shape index (κ1) is 9.83. The molecule has 30 valence electrons. The minimum absolute atomic E-state index is 0. The quantitative estimate of drug-likeness (QED) is 0.549. The number of hydrogen-bond acceptors (Lipinski definition) is 3. The predicted molar refractivity (Wildman–Crippen MR) is 17.8 cm³/mol. The Labute approximate surface area is 75.7 Å². The van der Waals surface area contributed by atoms with E-state index in [0.29, 0.717) is 0 Å². The average molecular weight is 267 g/mol. The van der Waals surface area contributed by atoms with Gasteiger partial charge in [-0.05, 0) is 0 Å². The summed E-state index contributed by atoms with van der Waals surface area (Å²) in [7, 11) is 0. The number of rotatable bonds is 0. The van der Waals surface area contributed by atoms with Crippen LogP contribution in [0.2, 0.25) is 0 Å². The second kappa shape index (κ2) is 5.67. The van der Waals surface area contributed by atoms with Gasteiger partial charge < -0.3 is 0 Å². The zero-order valence-corrected chi connectivity index (χ0v) is 8.15. The average Bonchev–Trinajstić information content (AvgIpc) is 0.811. The first-order valence-corrected chi connectivity index (χ1v) is 3.35. The molecule has 0 atom stereocenters. The Hall–Kier alpha value is 1.67. The molecule has 0 unspecified atom stereocenters. The van der Waals surface area contributed by atoms with Crippen LogP contribution in [-0.4, -0.2) is 65.0 Å². The molecule has 3 nitrogen and oxygen atoms in total. The molecule has 2 radical (unpaired) electrons. The third-order valence-corrected chi connectivity index (χ3v) is 0. The van der Waals surface area contributed by atoms with E-state index in [0.717, 1.165) is 0 Å². The van der Waals surface area contributed by atoms with E-state index >= 15 is 0 Å². The molecule has 0 aromatic rings. The maximum absolute atomic E-state index is 8.59. The molecule has 0 amide bonds. The van der Waals surface area contributed by atoms with Crippen LogP contribution in [0.5, 0.6) is 0 Å². The SMILES string of the molecule is O=[Te](=O)=O.[HH].[HH].[Sr]. The Morgan fingerprint density at radius 3 is 1.20 bits per heavy atom. The molecule has 5 heteroatoms. The zero-order valence-electron chi connectivity index (χ0n) is 2.34. The molecular formula is H4O3SrTe. The van der Waals surface area contributed by atoms with Gasteiger partial charge >= 0.3 is 28.8 Å². The fourth-order valence-corrected chi connectivity index (χ4v) is 0. The third-order valence-electron chi connectivity index (χ3n) is 0. The Morgan fingerprint density at radius 1 is 1.20 bits per heavy atom. The molecule has 0 rings (SSSR count). The summed E-state index contributed by atoms with van der Waals surface area (Å²) in [6.45, 7) is 0. The van der Waals surface area contributed by atoms with Crippen LogP contribution in [0.4, 0.5) is 0 Å². The van der Waals surface area contributed by atoms with Gasteiger partial charge in [-0.2, -0.15) is 0 Å². The van der Waals surface area contributed by atoms with E-state index < -0.39 is 19.5 Å². The van der Waals surface area contributed by atoms with E-state index in [1.165, 1.54) is 0 Å². The molecule has 0 N–H and O–H groups in total. The van der Waals surface area contributed by atoms with E-state index in [-0.39, 0.29) is 48.3 Å². The van der Waals surface area contributed by atoms with Crippen LogP contribution >= 0.6 is 0 Å². The minimum atomic E-state index is -4.11. The van der Waals surface area contributed by atoms with Gasteiger partial charge in [0, 0.05) is 48.3 Å². The van der Waals surface area contributed by atoms with Gasteiger partial charge in [0.2, 0.25) is 0 Å². The number of hydrogen-bond donors (Lipinski definition) is 0. The Balaban J connectivity index is -0.0000000150. The molecule has 0 aliphatic rings. The van der Waals surface area contributed by atoms with E-state index in [4.69, 9.17) is 9.31 Å². The van der Waals surface area contributed by atoms with Gasteiger partial charge in [0.1, 0.15) is 0 Å². The molecule has 0 aromatic carbocycles. The zero-order chi connectivity index (χ0) is 3.58. The maximum atomic E-state index is 8.59. The second-order valence-corrected chi connectivity index (χ2v) is 1.37. The molecule has 0 saturated carbocycles. The standard InChI is InChI=1S/O3Te.Sr.2H2/c1-4(2)3;;;/h;;2*1H. The Kier molecular flexibility index (Phi) is 11.2. The largest absolute Gasteiger partial charge is 0 e. The van der Waals surface area contributed by atoms with Crippen molar-refractivity contribution in [1.29, 1.82) is 0 Å². The molecule has 0 fully saturated rings. The van der Waals surface area contributed by atoms with Crippen molar-refractivity contribution >= 4 is 65.0 Å². The first-order chi connectivity index (χ1) is 1.73. The fraction of sp³-hybridized carbons (Fsp3) is 0. The first-order valence-electron chi connectivity index (χ1n) is 0.500. The Morgan fingerprint density at radius 2 is 1.20 bits per heavy atom. The van der Waals surface area contributed by atoms with Gasteiger partial charge in [0.05, 0.1) is 0 Å². The van der Waals surface area contributed by atoms with Crippen LogP contribution in [-0.2, 0) is 9.31 Å². The smallest absolute Gasteiger partial charge is 0 e. The second-order valence-electron chi connectivity index (χ2n) is 0.204. The van der Waals surface area contributed by atoms with Crippen molar-refractivity contribution in [2.45, 2.75) is 0 Å². The predicted octanol–water partition coefficient (Wildman–Crippen LogP) is -0.626. The summed E-state index contributed by atoms with van der Waals surface area (Å²) >= 11 is -4.11. The van der Waals surface area contributed by atoms with Crippen LogP contribution in [0.15, 0.2) is 0 Å². The summed E-state index contributed by atoms with van der Waals surface area (Å²) < 4.78 is 25.8. The van der Waals surface area contributed by atoms with Gasteiger partial charge in [-0.15, -0.1) is 0 Å². The summed E-state index contributed by atoms with van der Waals surface area (Å²) in [5, 5.41) is 0. The van der Waals surface area contributed by atoms with Crippen LogP contribution in [0.25, 0.3) is 0 Å². The van der Waals surface area contributed by atoms with Gasteiger partial charge in [-0.25, -0.2) is 0 Å². The molecule has 0 aliphatic carbocycles. The van der Waals surface area contributed by atoms with Gasteiger partial charge in [0.15, 0.2) is 0 Å². The summed E-state index contributed by atoms with van der Waals surface area (Å²) in [6.07, 6.45) is 0. The van der Waals surface area contributed by atoms with Crippen LogP contribution in [0.1, 0.15) is 2.85 Å². The molecule has 0 saturated heterocycles. The van der Waals surface area contributed by atoms with Crippen molar-refractivity contribution in [3.8, 4) is 0 Å². The minimum Gasteiger partial charge on any atom is 0 e. The van der Waals surface area contributed by atoms with E-state index in [1.807, 2.05) is 0 Å². The van der Waals surface area contributed by atoms with Gasteiger partial charge in [-0.3, -0.25) is 0 Å². The summed E-state index contributed by atoms with van der Waals surface area (Å²) in [5.74, 6) is 0. The topological polar surface area (TPSA) is 51.2 Å². The summed E-state index contributed by atoms with van der Waals surface area (Å²) in [4.78, 5) is 0. The van der Waals surface area contributed by atoms with E-state index in [1.54, 1.807) is 0 Å². The summed E-state index contributed by atoms with van der Waals surface area (Å²) in [6, 6.07) is 0. The molecule has 0 aliphatic heterocycles. The van der Waals surface area contributed by atoms with E-state index in [9.17, 15) is 0 Å². The summed E-state index contributed by atoms with van der Waals surface area (Å²) in [5.41, 5.74) is 0. The molecule has 0 aromatic heterocycles. The van der Waals surface area contributed by atoms with Crippen molar-refractivity contribution in [1.82, 2.24) is 0 Å². The van der Waals surface area contributed by atoms with Crippen molar-refractivity contribution in [2.75, 3.05) is 0 Å². The third kappa shape index (κ3) is 27.4. The monoisotopic (exact) mass is 270 g/mol. The molecule has 5 heavy (non-hydrogen) atoms. The van der Waals surface area contributed by atoms with Crippen LogP contribution in [0, 0.1) is 0 Å². The van der Waals surface area contributed by atoms with Gasteiger partial charge in [-0.1, -0.05) is 0 Å². The van der Waals surface area contributed by atoms with Crippen LogP contribution in [0.3, 0.4) is 0 Å². The Bertz CT molecular complexity index is 82.3. The molecule has 0 bridgehead atoms. The van der Waals surface area contributed by atoms with Crippen LogP contribution < -0.4 is 0 Å². The maximum Gasteiger partial charge on any atom is 0 e. The van der Waals surface area contributed by atoms with Crippen molar-refractivity contribution < 1.29 is 12.2 Å². The normalized spacial score (nSPS) is 4.80. The molecule has 0 heterocycles. The van der Waals surface area contributed by atoms with Crippen molar-refractivity contribution in [2.24, 2.45) is 0 Å². The van der Waals surface area contributed by atoms with Crippen molar-refractivity contribution in [3.63, 3.8) is 0 Å².